The average molecular weight is 343 g/mol. The maximum Gasteiger partial charge on any atom is 0.203 e. The fourth-order valence-electron chi connectivity index (χ4n) is 3.73. The topological polar surface area (TPSA) is 48.0 Å². The van der Waals surface area contributed by atoms with Crippen molar-refractivity contribution in [2.24, 2.45) is 0 Å². The Kier molecular flexibility index (Phi) is 3.52. The zero-order valence-electron chi connectivity index (χ0n) is 14.8. The number of pyridine rings is 1. The molecule has 0 atom stereocenters. The summed E-state index contributed by atoms with van der Waals surface area (Å²) < 4.78 is 0. The van der Waals surface area contributed by atoms with Gasteiger partial charge in [-0.1, -0.05) is 30.3 Å². The number of aryl methyl sites for hydroxylation is 1. The molecule has 3 heterocycles. The summed E-state index contributed by atoms with van der Waals surface area (Å²) in [7, 11) is 0. The van der Waals surface area contributed by atoms with Crippen LogP contribution in [0, 0.1) is 6.92 Å². The fraction of sp³-hybridized carbons (Fsp3) is 0.238. The minimum atomic E-state index is 0.938. The number of para-hydroxylation sites is 3. The molecule has 4 aromatic rings. The van der Waals surface area contributed by atoms with Crippen LogP contribution in [-0.4, -0.2) is 41.1 Å². The summed E-state index contributed by atoms with van der Waals surface area (Å²) in [6, 6.07) is 18.8. The summed E-state index contributed by atoms with van der Waals surface area (Å²) in [5.41, 5.74) is 4.47. The molecule has 2 aromatic carbocycles. The normalized spacial score (nSPS) is 15.1. The lowest BCUT2D eigenvalue weighted by molar-refractivity contribution is 0.638. The first-order valence-electron chi connectivity index (χ1n) is 9.09. The predicted octanol–water partition coefficient (Wildman–Crippen LogP) is 3.75. The minimum absolute atomic E-state index is 0.938. The summed E-state index contributed by atoms with van der Waals surface area (Å²) in [6.07, 6.45) is 0. The highest BCUT2D eigenvalue weighted by Gasteiger charge is 2.21. The largest absolute Gasteiger partial charge is 0.353 e. The third-order valence-electron chi connectivity index (χ3n) is 5.19. The second kappa shape index (κ2) is 6.02. The number of rotatable bonds is 2. The molecule has 1 N–H and O–H groups in total. The smallest absolute Gasteiger partial charge is 0.203 e. The van der Waals surface area contributed by atoms with Gasteiger partial charge in [0.25, 0.3) is 0 Å². The van der Waals surface area contributed by atoms with Gasteiger partial charge in [-0.3, -0.25) is 0 Å². The van der Waals surface area contributed by atoms with E-state index < -0.39 is 0 Å². The number of fused-ring (bicyclic) bond motifs is 2. The number of hydrogen-bond donors (Lipinski definition) is 1. The quantitative estimate of drug-likeness (QED) is 0.602. The lowest BCUT2D eigenvalue weighted by Gasteiger charge is -2.35. The summed E-state index contributed by atoms with van der Waals surface area (Å²) in [5.74, 6) is 2.04. The van der Waals surface area contributed by atoms with Crippen LogP contribution >= 0.6 is 0 Å². The lowest BCUT2D eigenvalue weighted by atomic mass is 10.1. The van der Waals surface area contributed by atoms with Crippen molar-refractivity contribution in [2.75, 3.05) is 36.0 Å². The van der Waals surface area contributed by atoms with E-state index in [2.05, 4.69) is 58.1 Å². The molecule has 0 radical (unpaired) electrons. The molecule has 0 aliphatic carbocycles. The molecule has 0 amide bonds. The molecule has 0 spiro atoms. The molecule has 1 fully saturated rings. The van der Waals surface area contributed by atoms with E-state index in [4.69, 9.17) is 9.97 Å². The van der Waals surface area contributed by atoms with Crippen LogP contribution in [0.3, 0.4) is 0 Å². The van der Waals surface area contributed by atoms with Crippen molar-refractivity contribution in [3.05, 3.63) is 60.2 Å². The minimum Gasteiger partial charge on any atom is -0.353 e. The van der Waals surface area contributed by atoms with Gasteiger partial charge in [0.2, 0.25) is 5.95 Å². The van der Waals surface area contributed by atoms with Gasteiger partial charge in [-0.05, 0) is 36.8 Å². The maximum absolute atomic E-state index is 4.88. The van der Waals surface area contributed by atoms with Crippen LogP contribution < -0.4 is 9.80 Å². The Balaban J connectivity index is 1.37. The van der Waals surface area contributed by atoms with E-state index >= 15 is 0 Å². The number of nitrogens with zero attached hydrogens (tertiary/aromatic N) is 4. The molecule has 5 rings (SSSR count). The third-order valence-corrected chi connectivity index (χ3v) is 5.19. The summed E-state index contributed by atoms with van der Waals surface area (Å²) in [4.78, 5) is 17.7. The van der Waals surface area contributed by atoms with Crippen LogP contribution in [0.2, 0.25) is 0 Å². The Morgan fingerprint density at radius 1 is 0.808 bits per heavy atom. The van der Waals surface area contributed by atoms with Crippen LogP contribution in [0.15, 0.2) is 54.6 Å². The molecular formula is C21H21N5. The van der Waals surface area contributed by atoms with E-state index in [9.17, 15) is 0 Å². The fourth-order valence-corrected chi connectivity index (χ4v) is 3.73. The van der Waals surface area contributed by atoms with Crippen LogP contribution in [0.4, 0.5) is 11.8 Å². The van der Waals surface area contributed by atoms with E-state index in [1.807, 2.05) is 18.2 Å². The number of anilines is 2. The molecular weight excluding hydrogens is 322 g/mol. The van der Waals surface area contributed by atoms with Gasteiger partial charge in [-0.15, -0.1) is 0 Å². The lowest BCUT2D eigenvalue weighted by Crippen LogP contribution is -2.47. The van der Waals surface area contributed by atoms with E-state index in [1.54, 1.807) is 0 Å². The highest BCUT2D eigenvalue weighted by molar-refractivity contribution is 5.84. The van der Waals surface area contributed by atoms with Crippen LogP contribution in [-0.2, 0) is 0 Å². The number of aromatic amines is 1. The van der Waals surface area contributed by atoms with Crippen LogP contribution in [0.5, 0.6) is 0 Å². The number of benzene rings is 2. The number of nitrogens with one attached hydrogen (secondary N) is 1. The summed E-state index contributed by atoms with van der Waals surface area (Å²) >= 11 is 0. The summed E-state index contributed by atoms with van der Waals surface area (Å²) in [5, 5.41) is 1.23. The molecule has 2 aromatic heterocycles. The number of H-pyrrole nitrogens is 1. The maximum atomic E-state index is 4.88. The summed E-state index contributed by atoms with van der Waals surface area (Å²) in [6.45, 7) is 5.93. The monoisotopic (exact) mass is 343 g/mol. The van der Waals surface area contributed by atoms with Crippen molar-refractivity contribution in [2.45, 2.75) is 6.92 Å². The molecule has 0 unspecified atom stereocenters. The molecule has 0 saturated carbocycles. The second-order valence-electron chi connectivity index (χ2n) is 6.87. The Bertz CT molecular complexity index is 1040. The van der Waals surface area contributed by atoms with E-state index in [0.29, 0.717) is 0 Å². The zero-order valence-corrected chi connectivity index (χ0v) is 14.8. The standard InChI is InChI=1S/C21H21N5/c1-15-14-20(22-17-7-3-2-6-16(15)17)25-10-12-26(13-11-25)21-23-18-8-4-5-9-19(18)24-21/h2-9,14H,10-13H2,1H3,(H,23,24). The molecule has 1 aliphatic rings. The van der Waals surface area contributed by atoms with Gasteiger partial charge in [0.05, 0.1) is 16.6 Å². The van der Waals surface area contributed by atoms with Crippen molar-refractivity contribution in [3.8, 4) is 0 Å². The SMILES string of the molecule is Cc1cc(N2CCN(c3nc4ccccc4[nH]3)CC2)nc2ccccc12. The molecule has 26 heavy (non-hydrogen) atoms. The van der Waals surface area contributed by atoms with Gasteiger partial charge in [0.1, 0.15) is 5.82 Å². The predicted molar refractivity (Wildman–Crippen MR) is 107 cm³/mol. The Labute approximate surface area is 152 Å². The molecule has 130 valence electrons. The van der Waals surface area contributed by atoms with Gasteiger partial charge in [-0.2, -0.15) is 0 Å². The zero-order chi connectivity index (χ0) is 17.5. The Morgan fingerprint density at radius 2 is 1.50 bits per heavy atom. The number of piperazine rings is 1. The third kappa shape index (κ3) is 2.56. The van der Waals surface area contributed by atoms with Gasteiger partial charge in [0, 0.05) is 31.6 Å². The molecule has 1 aliphatic heterocycles. The van der Waals surface area contributed by atoms with Crippen molar-refractivity contribution in [3.63, 3.8) is 0 Å². The van der Waals surface area contributed by atoms with E-state index in [1.165, 1.54) is 10.9 Å². The van der Waals surface area contributed by atoms with Crippen LogP contribution in [0.1, 0.15) is 5.56 Å². The molecule has 5 nitrogen and oxygen atoms in total. The highest BCUT2D eigenvalue weighted by atomic mass is 15.3. The Morgan fingerprint density at radius 3 is 2.31 bits per heavy atom. The second-order valence-corrected chi connectivity index (χ2v) is 6.87. The van der Waals surface area contributed by atoms with Gasteiger partial charge >= 0.3 is 0 Å². The first-order valence-corrected chi connectivity index (χ1v) is 9.09. The number of imidazole rings is 1. The van der Waals surface area contributed by atoms with Crippen LogP contribution in [0.25, 0.3) is 21.9 Å². The van der Waals surface area contributed by atoms with Gasteiger partial charge < -0.3 is 14.8 Å². The molecule has 1 saturated heterocycles. The number of aromatic nitrogens is 3. The van der Waals surface area contributed by atoms with E-state index in [-0.39, 0.29) is 0 Å². The molecule has 0 bridgehead atoms. The highest BCUT2D eigenvalue weighted by Crippen LogP contribution is 2.24. The first-order chi connectivity index (χ1) is 12.8. The van der Waals surface area contributed by atoms with Crippen molar-refractivity contribution >= 4 is 33.7 Å². The van der Waals surface area contributed by atoms with E-state index in [0.717, 1.165) is 54.5 Å². The number of hydrogen-bond acceptors (Lipinski definition) is 4. The van der Waals surface area contributed by atoms with Crippen molar-refractivity contribution in [1.82, 2.24) is 15.0 Å². The van der Waals surface area contributed by atoms with Crippen molar-refractivity contribution < 1.29 is 0 Å². The van der Waals surface area contributed by atoms with Gasteiger partial charge in [0.15, 0.2) is 0 Å². The van der Waals surface area contributed by atoms with Gasteiger partial charge in [-0.25, -0.2) is 9.97 Å². The molecule has 5 heteroatoms. The average Bonchev–Trinajstić information content (AvgIpc) is 3.12. The van der Waals surface area contributed by atoms with Crippen molar-refractivity contribution in [1.29, 1.82) is 0 Å². The Hall–Kier alpha value is -3.08. The first kappa shape index (κ1) is 15.2.